The molecule has 2 rings (SSSR count). The maximum atomic E-state index is 5.68. The molecule has 18 heavy (non-hydrogen) atoms. The molecule has 1 atom stereocenters. The van der Waals surface area contributed by atoms with E-state index in [9.17, 15) is 0 Å². The van der Waals surface area contributed by atoms with Crippen molar-refractivity contribution < 1.29 is 13.9 Å². The summed E-state index contributed by atoms with van der Waals surface area (Å²) in [5, 5.41) is 3.07. The Hall–Kier alpha value is -1.79. The normalized spacial score (nSPS) is 12.8. The van der Waals surface area contributed by atoms with E-state index < -0.39 is 0 Å². The molecular formula is C12H17N3O3. The van der Waals surface area contributed by atoms with Gasteiger partial charge in [-0.2, -0.15) is 4.98 Å². The van der Waals surface area contributed by atoms with Gasteiger partial charge in [-0.25, -0.2) is 0 Å². The van der Waals surface area contributed by atoms with Crippen molar-refractivity contribution in [3.05, 3.63) is 18.2 Å². The number of fused-ring (bicyclic) bond motifs is 1. The first-order chi connectivity index (χ1) is 8.72. The van der Waals surface area contributed by atoms with E-state index >= 15 is 0 Å². The van der Waals surface area contributed by atoms with Gasteiger partial charge in [0.1, 0.15) is 5.52 Å². The largest absolute Gasteiger partial charge is 0.424 e. The quantitative estimate of drug-likeness (QED) is 0.757. The van der Waals surface area contributed by atoms with Crippen LogP contribution in [0.5, 0.6) is 0 Å². The lowest BCUT2D eigenvalue weighted by molar-refractivity contribution is 0.0363. The van der Waals surface area contributed by atoms with Gasteiger partial charge in [0.25, 0.3) is 6.01 Å². The van der Waals surface area contributed by atoms with E-state index in [0.717, 1.165) is 5.52 Å². The van der Waals surface area contributed by atoms with Crippen molar-refractivity contribution in [1.82, 2.24) is 4.98 Å². The van der Waals surface area contributed by atoms with Crippen molar-refractivity contribution in [2.75, 3.05) is 38.4 Å². The highest BCUT2D eigenvalue weighted by molar-refractivity contribution is 5.78. The lowest BCUT2D eigenvalue weighted by Crippen LogP contribution is -2.26. The minimum atomic E-state index is -0.0462. The maximum Gasteiger partial charge on any atom is 0.295 e. The Labute approximate surface area is 105 Å². The third-order valence-corrected chi connectivity index (χ3v) is 2.58. The van der Waals surface area contributed by atoms with Crippen molar-refractivity contribution in [3.8, 4) is 0 Å². The Kier molecular flexibility index (Phi) is 4.01. The van der Waals surface area contributed by atoms with Crippen LogP contribution >= 0.6 is 0 Å². The van der Waals surface area contributed by atoms with E-state index in [0.29, 0.717) is 30.4 Å². The smallest absolute Gasteiger partial charge is 0.295 e. The summed E-state index contributed by atoms with van der Waals surface area (Å²) in [5.74, 6) is 0. The number of nitrogens with zero attached hydrogens (tertiary/aromatic N) is 1. The number of hydrogen-bond acceptors (Lipinski definition) is 6. The Bertz CT molecular complexity index is 512. The molecule has 1 aromatic heterocycles. The summed E-state index contributed by atoms with van der Waals surface area (Å²) in [7, 11) is 3.27. The average Bonchev–Trinajstić information content (AvgIpc) is 2.76. The SMILES string of the molecule is COCC(CNc1nc2cc(N)ccc2o1)OC. The highest BCUT2D eigenvalue weighted by Crippen LogP contribution is 2.20. The number of nitrogens with two attached hydrogens (primary N) is 1. The first kappa shape index (κ1) is 12.7. The Morgan fingerprint density at radius 2 is 2.28 bits per heavy atom. The van der Waals surface area contributed by atoms with Crippen LogP contribution < -0.4 is 11.1 Å². The zero-order chi connectivity index (χ0) is 13.0. The van der Waals surface area contributed by atoms with Gasteiger partial charge in [-0.1, -0.05) is 0 Å². The molecule has 0 bridgehead atoms. The second-order valence-electron chi connectivity index (χ2n) is 3.94. The fourth-order valence-corrected chi connectivity index (χ4v) is 1.62. The Balaban J connectivity index is 2.03. The monoisotopic (exact) mass is 251 g/mol. The minimum Gasteiger partial charge on any atom is -0.424 e. The Morgan fingerprint density at radius 3 is 3.00 bits per heavy atom. The van der Waals surface area contributed by atoms with Gasteiger partial charge >= 0.3 is 0 Å². The van der Waals surface area contributed by atoms with E-state index in [1.165, 1.54) is 0 Å². The molecule has 0 saturated heterocycles. The van der Waals surface area contributed by atoms with Crippen LogP contribution in [0.15, 0.2) is 22.6 Å². The molecular weight excluding hydrogens is 234 g/mol. The minimum absolute atomic E-state index is 0.0462. The number of ether oxygens (including phenoxy) is 2. The van der Waals surface area contributed by atoms with E-state index in [4.69, 9.17) is 19.6 Å². The van der Waals surface area contributed by atoms with E-state index in [-0.39, 0.29) is 6.10 Å². The molecule has 98 valence electrons. The molecule has 0 spiro atoms. The van der Waals surface area contributed by atoms with Gasteiger partial charge in [-0.15, -0.1) is 0 Å². The summed E-state index contributed by atoms with van der Waals surface area (Å²) in [4.78, 5) is 4.29. The van der Waals surface area contributed by atoms with Crippen LogP contribution in [0.3, 0.4) is 0 Å². The van der Waals surface area contributed by atoms with Gasteiger partial charge in [0.15, 0.2) is 5.58 Å². The van der Waals surface area contributed by atoms with Crippen molar-refractivity contribution in [1.29, 1.82) is 0 Å². The van der Waals surface area contributed by atoms with Gasteiger partial charge in [0.05, 0.1) is 12.7 Å². The standard InChI is InChI=1S/C12H17N3O3/c1-16-7-9(17-2)6-14-12-15-10-5-8(13)3-4-11(10)18-12/h3-5,9H,6-7,13H2,1-2H3,(H,14,15). The van der Waals surface area contributed by atoms with Crippen LogP contribution in [0, 0.1) is 0 Å². The highest BCUT2D eigenvalue weighted by atomic mass is 16.5. The molecule has 0 aliphatic rings. The van der Waals surface area contributed by atoms with Crippen molar-refractivity contribution in [3.63, 3.8) is 0 Å². The molecule has 2 aromatic rings. The number of benzene rings is 1. The molecule has 6 heteroatoms. The van der Waals surface area contributed by atoms with Gasteiger partial charge in [0, 0.05) is 26.5 Å². The number of nitrogen functional groups attached to an aromatic ring is 1. The number of aromatic nitrogens is 1. The molecule has 3 N–H and O–H groups in total. The first-order valence-electron chi connectivity index (χ1n) is 5.64. The fourth-order valence-electron chi connectivity index (χ4n) is 1.62. The zero-order valence-electron chi connectivity index (χ0n) is 10.5. The van der Waals surface area contributed by atoms with Crippen LogP contribution in [0.4, 0.5) is 11.7 Å². The molecule has 0 fully saturated rings. The second kappa shape index (κ2) is 5.70. The predicted octanol–water partition coefficient (Wildman–Crippen LogP) is 1.48. The summed E-state index contributed by atoms with van der Waals surface area (Å²) in [5.41, 5.74) is 7.78. The lowest BCUT2D eigenvalue weighted by atomic mass is 10.3. The van der Waals surface area contributed by atoms with Gasteiger partial charge in [-0.05, 0) is 18.2 Å². The van der Waals surface area contributed by atoms with Crippen molar-refractivity contribution >= 4 is 22.8 Å². The van der Waals surface area contributed by atoms with E-state index in [1.54, 1.807) is 32.4 Å². The first-order valence-corrected chi connectivity index (χ1v) is 5.64. The van der Waals surface area contributed by atoms with Crippen LogP contribution in [-0.4, -0.2) is 38.5 Å². The third-order valence-electron chi connectivity index (χ3n) is 2.58. The van der Waals surface area contributed by atoms with E-state index in [1.807, 2.05) is 0 Å². The van der Waals surface area contributed by atoms with Gasteiger partial charge < -0.3 is 24.9 Å². The molecule has 0 saturated carbocycles. The number of hydrogen-bond donors (Lipinski definition) is 2. The number of methoxy groups -OCH3 is 2. The van der Waals surface area contributed by atoms with Crippen LogP contribution in [0.2, 0.25) is 0 Å². The van der Waals surface area contributed by atoms with Gasteiger partial charge in [0.2, 0.25) is 0 Å². The second-order valence-corrected chi connectivity index (χ2v) is 3.94. The van der Waals surface area contributed by atoms with Crippen LogP contribution in [0.25, 0.3) is 11.1 Å². The molecule has 1 aromatic carbocycles. The topological polar surface area (TPSA) is 82.5 Å². The number of anilines is 2. The van der Waals surface area contributed by atoms with Crippen molar-refractivity contribution in [2.45, 2.75) is 6.10 Å². The van der Waals surface area contributed by atoms with Crippen LogP contribution in [-0.2, 0) is 9.47 Å². The lowest BCUT2D eigenvalue weighted by Gasteiger charge is -2.13. The van der Waals surface area contributed by atoms with E-state index in [2.05, 4.69) is 10.3 Å². The number of nitrogens with one attached hydrogen (secondary N) is 1. The average molecular weight is 251 g/mol. The molecule has 0 amide bonds. The molecule has 1 heterocycles. The summed E-state index contributed by atoms with van der Waals surface area (Å²) in [6.45, 7) is 1.07. The highest BCUT2D eigenvalue weighted by Gasteiger charge is 2.10. The third kappa shape index (κ3) is 2.91. The Morgan fingerprint density at radius 1 is 1.44 bits per heavy atom. The molecule has 0 aliphatic carbocycles. The molecule has 6 nitrogen and oxygen atoms in total. The predicted molar refractivity (Wildman–Crippen MR) is 69.6 cm³/mol. The van der Waals surface area contributed by atoms with Crippen LogP contribution in [0.1, 0.15) is 0 Å². The number of rotatable bonds is 6. The summed E-state index contributed by atoms with van der Waals surface area (Å²) in [6.07, 6.45) is -0.0462. The molecule has 0 radical (unpaired) electrons. The fraction of sp³-hybridized carbons (Fsp3) is 0.417. The van der Waals surface area contributed by atoms with Gasteiger partial charge in [-0.3, -0.25) is 0 Å². The summed E-state index contributed by atoms with van der Waals surface area (Å²) < 4.78 is 15.8. The summed E-state index contributed by atoms with van der Waals surface area (Å²) in [6, 6.07) is 5.80. The van der Waals surface area contributed by atoms with Crippen molar-refractivity contribution in [2.24, 2.45) is 0 Å². The number of oxazole rings is 1. The molecule has 1 unspecified atom stereocenters. The maximum absolute atomic E-state index is 5.68. The zero-order valence-corrected chi connectivity index (χ0v) is 10.5. The summed E-state index contributed by atoms with van der Waals surface area (Å²) >= 11 is 0. The molecule has 0 aliphatic heterocycles.